The maximum absolute atomic E-state index is 12.1. The smallest absolute Gasteiger partial charge is 0.251 e. The third-order valence-corrected chi connectivity index (χ3v) is 3.26. The van der Waals surface area contributed by atoms with Crippen molar-refractivity contribution in [1.29, 1.82) is 0 Å². The Morgan fingerprint density at radius 1 is 1.40 bits per heavy atom. The van der Waals surface area contributed by atoms with E-state index in [1.54, 1.807) is 0 Å². The molecule has 2 rings (SSSR count). The van der Waals surface area contributed by atoms with Crippen LogP contribution in [0.2, 0.25) is 0 Å². The van der Waals surface area contributed by atoms with Gasteiger partial charge in [0.15, 0.2) is 0 Å². The number of nitrogens with zero attached hydrogens (tertiary/aromatic N) is 1. The van der Waals surface area contributed by atoms with Crippen molar-refractivity contribution in [3.05, 3.63) is 0 Å². The number of likely N-dealkylation sites (N-methyl/N-ethyl adjacent to an activating group) is 1. The molecule has 4 heteroatoms. The van der Waals surface area contributed by atoms with E-state index in [-0.39, 0.29) is 18.1 Å². The van der Waals surface area contributed by atoms with E-state index < -0.39 is 0 Å². The normalized spacial score (nSPS) is 30.5. The van der Waals surface area contributed by atoms with Crippen LogP contribution in [0.1, 0.15) is 32.6 Å². The standard InChI is InChI=1S/C11H20N2O2/c1-2-13(8-3-4-8)11(14)10-6-5-9(7-12)15-10/h8-10H,2-7,12H2,1H3. The lowest BCUT2D eigenvalue weighted by atomic mass is 10.2. The summed E-state index contributed by atoms with van der Waals surface area (Å²) in [5, 5.41) is 0. The molecule has 0 bridgehead atoms. The molecule has 1 heterocycles. The first-order chi connectivity index (χ1) is 7.26. The zero-order valence-corrected chi connectivity index (χ0v) is 9.32. The van der Waals surface area contributed by atoms with Crippen LogP contribution in [0.4, 0.5) is 0 Å². The molecule has 0 spiro atoms. The molecule has 2 unspecified atom stereocenters. The number of carbonyl (C=O) groups is 1. The van der Waals surface area contributed by atoms with Crippen molar-refractivity contribution in [1.82, 2.24) is 4.90 Å². The Hall–Kier alpha value is -0.610. The van der Waals surface area contributed by atoms with Gasteiger partial charge < -0.3 is 15.4 Å². The fourth-order valence-electron chi connectivity index (χ4n) is 2.23. The first-order valence-electron chi connectivity index (χ1n) is 5.92. The number of nitrogens with two attached hydrogens (primary N) is 1. The molecule has 15 heavy (non-hydrogen) atoms. The summed E-state index contributed by atoms with van der Waals surface area (Å²) in [5.41, 5.74) is 5.53. The minimum absolute atomic E-state index is 0.0943. The summed E-state index contributed by atoms with van der Waals surface area (Å²) >= 11 is 0. The van der Waals surface area contributed by atoms with Gasteiger partial charge in [0.05, 0.1) is 6.10 Å². The van der Waals surface area contributed by atoms with Crippen LogP contribution in [0.3, 0.4) is 0 Å². The van der Waals surface area contributed by atoms with Gasteiger partial charge in [-0.2, -0.15) is 0 Å². The summed E-state index contributed by atoms with van der Waals surface area (Å²) in [6.07, 6.45) is 3.95. The number of carbonyl (C=O) groups excluding carboxylic acids is 1. The fraction of sp³-hybridized carbons (Fsp3) is 0.909. The molecule has 86 valence electrons. The lowest BCUT2D eigenvalue weighted by molar-refractivity contribution is -0.143. The highest BCUT2D eigenvalue weighted by atomic mass is 16.5. The van der Waals surface area contributed by atoms with Crippen LogP contribution in [0.15, 0.2) is 0 Å². The van der Waals surface area contributed by atoms with Crippen molar-refractivity contribution in [3.8, 4) is 0 Å². The zero-order chi connectivity index (χ0) is 10.8. The minimum atomic E-state index is -0.223. The minimum Gasteiger partial charge on any atom is -0.364 e. The number of hydrogen-bond donors (Lipinski definition) is 1. The Balaban J connectivity index is 1.89. The maximum atomic E-state index is 12.1. The third kappa shape index (κ3) is 2.32. The molecular formula is C11H20N2O2. The van der Waals surface area contributed by atoms with E-state index in [1.165, 1.54) is 0 Å². The summed E-state index contributed by atoms with van der Waals surface area (Å²) in [5.74, 6) is 0.177. The quantitative estimate of drug-likeness (QED) is 0.738. The van der Waals surface area contributed by atoms with Crippen molar-refractivity contribution in [2.24, 2.45) is 5.73 Å². The molecule has 1 aliphatic carbocycles. The van der Waals surface area contributed by atoms with E-state index in [9.17, 15) is 4.79 Å². The Bertz CT molecular complexity index is 241. The fourth-order valence-corrected chi connectivity index (χ4v) is 2.23. The zero-order valence-electron chi connectivity index (χ0n) is 9.32. The second-order valence-corrected chi connectivity index (χ2v) is 4.42. The van der Waals surface area contributed by atoms with Crippen molar-refractivity contribution < 1.29 is 9.53 Å². The molecule has 1 aliphatic heterocycles. The van der Waals surface area contributed by atoms with Gasteiger partial charge in [-0.05, 0) is 32.6 Å². The summed E-state index contributed by atoms with van der Waals surface area (Å²) in [6, 6.07) is 0.489. The van der Waals surface area contributed by atoms with E-state index in [0.29, 0.717) is 12.6 Å². The average Bonchev–Trinajstić information content (AvgIpc) is 2.97. The van der Waals surface area contributed by atoms with E-state index in [4.69, 9.17) is 10.5 Å². The van der Waals surface area contributed by atoms with E-state index in [2.05, 4.69) is 0 Å². The molecule has 1 saturated carbocycles. The lowest BCUT2D eigenvalue weighted by Gasteiger charge is -2.23. The monoisotopic (exact) mass is 212 g/mol. The molecule has 0 aromatic carbocycles. The van der Waals surface area contributed by atoms with Crippen LogP contribution in [0.25, 0.3) is 0 Å². The summed E-state index contributed by atoms with van der Waals surface area (Å²) in [6.45, 7) is 3.36. The summed E-state index contributed by atoms with van der Waals surface area (Å²) in [7, 11) is 0. The van der Waals surface area contributed by atoms with E-state index in [1.807, 2.05) is 11.8 Å². The van der Waals surface area contributed by atoms with E-state index >= 15 is 0 Å². The van der Waals surface area contributed by atoms with Crippen molar-refractivity contribution in [3.63, 3.8) is 0 Å². The number of rotatable bonds is 4. The predicted octanol–water partition coefficient (Wildman–Crippen LogP) is 0.504. The topological polar surface area (TPSA) is 55.6 Å². The highest BCUT2D eigenvalue weighted by Crippen LogP contribution is 2.29. The second kappa shape index (κ2) is 4.49. The van der Waals surface area contributed by atoms with Crippen molar-refractivity contribution >= 4 is 5.91 Å². The summed E-state index contributed by atoms with van der Waals surface area (Å²) < 4.78 is 5.62. The lowest BCUT2D eigenvalue weighted by Crippen LogP contribution is -2.40. The maximum Gasteiger partial charge on any atom is 0.251 e. The number of hydrogen-bond acceptors (Lipinski definition) is 3. The van der Waals surface area contributed by atoms with Gasteiger partial charge in [0.2, 0.25) is 0 Å². The average molecular weight is 212 g/mol. The molecule has 0 aromatic rings. The number of amides is 1. The van der Waals surface area contributed by atoms with Gasteiger partial charge >= 0.3 is 0 Å². The highest BCUT2D eigenvalue weighted by Gasteiger charge is 2.38. The molecule has 4 nitrogen and oxygen atoms in total. The highest BCUT2D eigenvalue weighted by molar-refractivity contribution is 5.81. The molecule has 0 aromatic heterocycles. The van der Waals surface area contributed by atoms with Crippen LogP contribution < -0.4 is 5.73 Å². The van der Waals surface area contributed by atoms with Gasteiger partial charge in [0, 0.05) is 19.1 Å². The molecule has 2 fully saturated rings. The number of ether oxygens (including phenoxy) is 1. The van der Waals surface area contributed by atoms with Gasteiger partial charge in [0.1, 0.15) is 6.10 Å². The Morgan fingerprint density at radius 2 is 2.13 bits per heavy atom. The predicted molar refractivity (Wildman–Crippen MR) is 57.4 cm³/mol. The molecular weight excluding hydrogens is 192 g/mol. The van der Waals surface area contributed by atoms with Crippen LogP contribution >= 0.6 is 0 Å². The Kier molecular flexibility index (Phi) is 3.26. The third-order valence-electron chi connectivity index (χ3n) is 3.26. The summed E-state index contributed by atoms with van der Waals surface area (Å²) in [4.78, 5) is 14.0. The van der Waals surface area contributed by atoms with Crippen LogP contribution in [-0.4, -0.2) is 42.1 Å². The van der Waals surface area contributed by atoms with Gasteiger partial charge in [0.25, 0.3) is 5.91 Å². The Morgan fingerprint density at radius 3 is 2.60 bits per heavy atom. The van der Waals surface area contributed by atoms with Crippen molar-refractivity contribution in [2.45, 2.75) is 50.9 Å². The van der Waals surface area contributed by atoms with Crippen LogP contribution in [0.5, 0.6) is 0 Å². The van der Waals surface area contributed by atoms with Crippen LogP contribution in [0, 0.1) is 0 Å². The molecule has 2 N–H and O–H groups in total. The molecule has 2 aliphatic rings. The Labute approximate surface area is 90.8 Å². The SMILES string of the molecule is CCN(C(=O)C1CCC(CN)O1)C1CC1. The molecule has 1 amide bonds. The first-order valence-corrected chi connectivity index (χ1v) is 5.92. The van der Waals surface area contributed by atoms with Gasteiger partial charge in [-0.3, -0.25) is 4.79 Å². The van der Waals surface area contributed by atoms with Gasteiger partial charge in [-0.1, -0.05) is 0 Å². The molecule has 1 saturated heterocycles. The largest absolute Gasteiger partial charge is 0.364 e. The molecule has 0 radical (unpaired) electrons. The first kappa shape index (κ1) is 10.9. The van der Waals surface area contributed by atoms with Crippen LogP contribution in [-0.2, 0) is 9.53 Å². The molecule has 2 atom stereocenters. The van der Waals surface area contributed by atoms with Gasteiger partial charge in [-0.15, -0.1) is 0 Å². The second-order valence-electron chi connectivity index (χ2n) is 4.42. The van der Waals surface area contributed by atoms with Crippen molar-refractivity contribution in [2.75, 3.05) is 13.1 Å². The van der Waals surface area contributed by atoms with Gasteiger partial charge in [-0.25, -0.2) is 0 Å². The van der Waals surface area contributed by atoms with E-state index in [0.717, 1.165) is 32.2 Å².